The predicted octanol–water partition coefficient (Wildman–Crippen LogP) is 2.23. The maximum Gasteiger partial charge on any atom is 0.260 e. The Bertz CT molecular complexity index is 972. The number of aromatic hydroxyl groups is 2. The zero-order chi connectivity index (χ0) is 16.4. The second kappa shape index (κ2) is 5.76. The van der Waals surface area contributed by atoms with Crippen molar-refractivity contribution in [2.45, 2.75) is 0 Å². The molecule has 3 rings (SSSR count). The lowest BCUT2D eigenvalue weighted by Gasteiger charge is -2.03. The molecule has 0 aliphatic carbocycles. The Kier molecular flexibility index (Phi) is 3.64. The Labute approximate surface area is 130 Å². The van der Waals surface area contributed by atoms with E-state index in [1.807, 2.05) is 0 Å². The fourth-order valence-electron chi connectivity index (χ4n) is 2.16. The Morgan fingerprint density at radius 2 is 1.87 bits per heavy atom. The van der Waals surface area contributed by atoms with Crippen molar-refractivity contribution < 1.29 is 15.0 Å². The van der Waals surface area contributed by atoms with E-state index in [2.05, 4.69) is 9.97 Å². The number of nitrogens with one attached hydrogen (secondary N) is 1. The number of benzene rings is 1. The summed E-state index contributed by atoms with van der Waals surface area (Å²) in [4.78, 5) is 30.5. The predicted molar refractivity (Wildman–Crippen MR) is 85.5 cm³/mol. The van der Waals surface area contributed by atoms with Gasteiger partial charge in [-0.2, -0.15) is 0 Å². The third kappa shape index (κ3) is 2.82. The van der Waals surface area contributed by atoms with Crippen molar-refractivity contribution in [2.75, 3.05) is 0 Å². The second-order valence-corrected chi connectivity index (χ2v) is 4.86. The number of phenols is 1. The molecular weight excluding hydrogens is 296 g/mol. The smallest absolute Gasteiger partial charge is 0.260 e. The van der Waals surface area contributed by atoms with Crippen molar-refractivity contribution in [1.29, 1.82) is 0 Å². The minimum Gasteiger partial charge on any atom is -0.508 e. The van der Waals surface area contributed by atoms with Gasteiger partial charge in [0.25, 0.3) is 5.56 Å². The summed E-state index contributed by atoms with van der Waals surface area (Å²) in [5, 5.41) is 19.8. The second-order valence-electron chi connectivity index (χ2n) is 4.86. The van der Waals surface area contributed by atoms with E-state index in [4.69, 9.17) is 0 Å². The molecule has 0 atom stereocenters. The van der Waals surface area contributed by atoms with E-state index in [1.165, 1.54) is 42.6 Å². The van der Waals surface area contributed by atoms with Gasteiger partial charge in [0.15, 0.2) is 5.78 Å². The molecule has 0 spiro atoms. The van der Waals surface area contributed by atoms with E-state index in [0.29, 0.717) is 10.9 Å². The highest BCUT2D eigenvalue weighted by atomic mass is 16.3. The summed E-state index contributed by atoms with van der Waals surface area (Å²) < 4.78 is 0. The maximum atomic E-state index is 12.0. The zero-order valence-corrected chi connectivity index (χ0v) is 11.9. The first kappa shape index (κ1) is 14.5. The largest absolute Gasteiger partial charge is 0.508 e. The highest BCUT2D eigenvalue weighted by Gasteiger charge is 2.10. The standard InChI is InChI=1S/C17H12N2O4/c20-11-5-3-10(4-6-11)14(21)8-7-13-15(22)12-2-1-9-18-16(12)19-17(13)23/h1-9,20H,(H2,18,19,22,23). The van der Waals surface area contributed by atoms with Crippen molar-refractivity contribution in [3.8, 4) is 11.5 Å². The molecule has 0 saturated heterocycles. The van der Waals surface area contributed by atoms with Crippen molar-refractivity contribution in [1.82, 2.24) is 9.97 Å². The van der Waals surface area contributed by atoms with Gasteiger partial charge in [0.2, 0.25) is 0 Å². The summed E-state index contributed by atoms with van der Waals surface area (Å²) in [7, 11) is 0. The molecule has 0 aliphatic rings. The van der Waals surface area contributed by atoms with Crippen LogP contribution in [0.5, 0.6) is 11.5 Å². The van der Waals surface area contributed by atoms with Gasteiger partial charge < -0.3 is 15.2 Å². The molecule has 2 heterocycles. The highest BCUT2D eigenvalue weighted by Crippen LogP contribution is 2.24. The number of aromatic nitrogens is 2. The lowest BCUT2D eigenvalue weighted by atomic mass is 10.1. The summed E-state index contributed by atoms with van der Waals surface area (Å²) in [5.74, 6) is -0.525. The van der Waals surface area contributed by atoms with E-state index < -0.39 is 5.56 Å². The summed E-state index contributed by atoms with van der Waals surface area (Å²) in [6.07, 6.45) is 3.95. The number of aromatic amines is 1. The van der Waals surface area contributed by atoms with Crippen LogP contribution in [0.1, 0.15) is 15.9 Å². The Morgan fingerprint density at radius 1 is 1.13 bits per heavy atom. The first-order valence-corrected chi connectivity index (χ1v) is 6.77. The van der Waals surface area contributed by atoms with Crippen LogP contribution in [0.25, 0.3) is 17.1 Å². The van der Waals surface area contributed by atoms with Gasteiger partial charge in [-0.3, -0.25) is 9.59 Å². The van der Waals surface area contributed by atoms with Crippen LogP contribution >= 0.6 is 0 Å². The number of pyridine rings is 2. The molecule has 3 aromatic rings. The highest BCUT2D eigenvalue weighted by molar-refractivity contribution is 6.07. The normalized spacial score (nSPS) is 11.1. The molecular formula is C17H12N2O4. The van der Waals surface area contributed by atoms with Crippen molar-refractivity contribution in [3.05, 3.63) is 70.2 Å². The lowest BCUT2D eigenvalue weighted by molar-refractivity contribution is 0.104. The van der Waals surface area contributed by atoms with E-state index >= 15 is 0 Å². The average molecular weight is 308 g/mol. The molecule has 0 amide bonds. The SMILES string of the molecule is O=C(C=Cc1c(O)c2cccnc2[nH]c1=O)c1ccc(O)cc1. The molecule has 0 radical (unpaired) electrons. The fraction of sp³-hybridized carbons (Fsp3) is 0. The van der Waals surface area contributed by atoms with Gasteiger partial charge in [-0.25, -0.2) is 4.98 Å². The van der Waals surface area contributed by atoms with E-state index in [0.717, 1.165) is 0 Å². The summed E-state index contributed by atoms with van der Waals surface area (Å²) in [5.41, 5.74) is 0.0792. The quantitative estimate of drug-likeness (QED) is 0.508. The molecule has 0 unspecified atom stereocenters. The average Bonchev–Trinajstić information content (AvgIpc) is 2.55. The van der Waals surface area contributed by atoms with Crippen LogP contribution in [0.2, 0.25) is 0 Å². The molecule has 0 fully saturated rings. The van der Waals surface area contributed by atoms with Crippen LogP contribution in [0.15, 0.2) is 53.5 Å². The van der Waals surface area contributed by atoms with E-state index in [1.54, 1.807) is 12.1 Å². The van der Waals surface area contributed by atoms with Crippen molar-refractivity contribution >= 4 is 22.9 Å². The van der Waals surface area contributed by atoms with Crippen LogP contribution in [0.4, 0.5) is 0 Å². The molecule has 23 heavy (non-hydrogen) atoms. The van der Waals surface area contributed by atoms with Gasteiger partial charge in [0.1, 0.15) is 17.1 Å². The summed E-state index contributed by atoms with van der Waals surface area (Å²) in [6, 6.07) is 8.98. The molecule has 0 bridgehead atoms. The number of ketones is 1. The lowest BCUT2D eigenvalue weighted by Crippen LogP contribution is -2.10. The molecule has 0 aliphatic heterocycles. The van der Waals surface area contributed by atoms with Crippen LogP contribution in [0.3, 0.4) is 0 Å². The van der Waals surface area contributed by atoms with Crippen LogP contribution in [-0.4, -0.2) is 26.0 Å². The summed E-state index contributed by atoms with van der Waals surface area (Å²) in [6.45, 7) is 0. The van der Waals surface area contributed by atoms with Gasteiger partial charge in [0.05, 0.1) is 10.9 Å². The molecule has 2 aromatic heterocycles. The number of phenolic OH excluding ortho intramolecular Hbond substituents is 1. The van der Waals surface area contributed by atoms with Crippen molar-refractivity contribution in [2.24, 2.45) is 0 Å². The third-order valence-corrected chi connectivity index (χ3v) is 3.35. The van der Waals surface area contributed by atoms with Gasteiger partial charge in [-0.1, -0.05) is 0 Å². The summed E-state index contributed by atoms with van der Waals surface area (Å²) >= 11 is 0. The first-order chi connectivity index (χ1) is 11.1. The number of hydrogen-bond acceptors (Lipinski definition) is 5. The Balaban J connectivity index is 1.99. The topological polar surface area (TPSA) is 103 Å². The minimum absolute atomic E-state index is 0.0161. The third-order valence-electron chi connectivity index (χ3n) is 3.35. The monoisotopic (exact) mass is 308 g/mol. The number of nitrogens with zero attached hydrogens (tertiary/aromatic N) is 1. The van der Waals surface area contributed by atoms with Crippen molar-refractivity contribution in [3.63, 3.8) is 0 Å². The fourth-order valence-corrected chi connectivity index (χ4v) is 2.16. The van der Waals surface area contributed by atoms with Crippen LogP contribution in [0, 0.1) is 0 Å². The van der Waals surface area contributed by atoms with Crippen LogP contribution in [-0.2, 0) is 0 Å². The zero-order valence-electron chi connectivity index (χ0n) is 11.9. The number of allylic oxidation sites excluding steroid dienone is 1. The number of H-pyrrole nitrogens is 1. The molecule has 114 valence electrons. The number of hydrogen-bond donors (Lipinski definition) is 3. The van der Waals surface area contributed by atoms with Gasteiger partial charge in [-0.15, -0.1) is 0 Å². The van der Waals surface area contributed by atoms with E-state index in [9.17, 15) is 19.8 Å². The number of rotatable bonds is 3. The molecule has 1 aromatic carbocycles. The maximum absolute atomic E-state index is 12.0. The molecule has 6 nitrogen and oxygen atoms in total. The molecule has 0 saturated carbocycles. The Morgan fingerprint density at radius 3 is 2.61 bits per heavy atom. The van der Waals surface area contributed by atoms with Crippen LogP contribution < -0.4 is 5.56 Å². The number of carbonyl (C=O) groups is 1. The molecule has 3 N–H and O–H groups in total. The molecule has 6 heteroatoms. The first-order valence-electron chi connectivity index (χ1n) is 6.77. The Hall–Kier alpha value is -3.41. The van der Waals surface area contributed by atoms with Gasteiger partial charge in [-0.05, 0) is 48.6 Å². The van der Waals surface area contributed by atoms with E-state index in [-0.39, 0.29) is 28.5 Å². The van der Waals surface area contributed by atoms with Gasteiger partial charge >= 0.3 is 0 Å². The van der Waals surface area contributed by atoms with Gasteiger partial charge in [0, 0.05) is 11.8 Å². The number of carbonyl (C=O) groups excluding carboxylic acids is 1. The number of fused-ring (bicyclic) bond motifs is 1. The minimum atomic E-state index is -0.538.